The molecular formula is C19H25N5O3. The number of rotatable bonds is 3. The molecule has 4 rings (SSSR count). The van der Waals surface area contributed by atoms with Gasteiger partial charge in [-0.15, -0.1) is 0 Å². The Kier molecular flexibility index (Phi) is 4.96. The Balaban J connectivity index is 1.45. The fraction of sp³-hybridized carbons (Fsp3) is 0.579. The molecule has 0 N–H and O–H groups in total. The van der Waals surface area contributed by atoms with E-state index in [0.717, 1.165) is 11.2 Å². The van der Waals surface area contributed by atoms with Gasteiger partial charge in [-0.05, 0) is 25.8 Å². The summed E-state index contributed by atoms with van der Waals surface area (Å²) in [6.07, 6.45) is 8.01. The molecule has 1 saturated carbocycles. The van der Waals surface area contributed by atoms with Crippen molar-refractivity contribution >= 4 is 23.2 Å². The monoisotopic (exact) mass is 371 g/mol. The number of carbonyl (C=O) groups is 2. The topological polar surface area (TPSA) is 80.6 Å². The maximum atomic E-state index is 12.8. The predicted octanol–water partition coefficient (Wildman–Crippen LogP) is 2.46. The van der Waals surface area contributed by atoms with Gasteiger partial charge in [0, 0.05) is 38.4 Å². The average molecular weight is 371 g/mol. The SMILES string of the molecule is CCOC(=O)N1CCN(C(=O)c2cnc3c(c2)ncn3C2CCCC2)CC1. The maximum Gasteiger partial charge on any atom is 0.409 e. The largest absolute Gasteiger partial charge is 0.450 e. The molecule has 8 heteroatoms. The third-order valence-electron chi connectivity index (χ3n) is 5.47. The second-order valence-corrected chi connectivity index (χ2v) is 7.14. The van der Waals surface area contributed by atoms with Crippen LogP contribution in [0.3, 0.4) is 0 Å². The summed E-state index contributed by atoms with van der Waals surface area (Å²) >= 11 is 0. The number of fused-ring (bicyclic) bond motifs is 1. The normalized spacial score (nSPS) is 18.3. The van der Waals surface area contributed by atoms with Gasteiger partial charge in [-0.1, -0.05) is 12.8 Å². The van der Waals surface area contributed by atoms with Crippen molar-refractivity contribution in [3.8, 4) is 0 Å². The summed E-state index contributed by atoms with van der Waals surface area (Å²) in [6.45, 7) is 4.09. The maximum absolute atomic E-state index is 12.8. The Morgan fingerprint density at radius 1 is 1.11 bits per heavy atom. The molecular weight excluding hydrogens is 346 g/mol. The Morgan fingerprint density at radius 2 is 1.81 bits per heavy atom. The number of pyridine rings is 1. The van der Waals surface area contributed by atoms with Gasteiger partial charge in [-0.3, -0.25) is 4.79 Å². The van der Waals surface area contributed by atoms with Crippen LogP contribution in [0.25, 0.3) is 11.2 Å². The first-order valence-corrected chi connectivity index (χ1v) is 9.71. The number of hydrogen-bond donors (Lipinski definition) is 0. The van der Waals surface area contributed by atoms with E-state index in [1.165, 1.54) is 25.7 Å². The average Bonchev–Trinajstić information content (AvgIpc) is 3.36. The number of hydrogen-bond acceptors (Lipinski definition) is 5. The molecule has 0 bridgehead atoms. The highest BCUT2D eigenvalue weighted by Crippen LogP contribution is 2.31. The number of aromatic nitrogens is 3. The smallest absolute Gasteiger partial charge is 0.409 e. The predicted molar refractivity (Wildman–Crippen MR) is 99.5 cm³/mol. The zero-order chi connectivity index (χ0) is 18.8. The summed E-state index contributed by atoms with van der Waals surface area (Å²) in [7, 11) is 0. The zero-order valence-corrected chi connectivity index (χ0v) is 15.6. The number of amides is 2. The lowest BCUT2D eigenvalue weighted by Gasteiger charge is -2.34. The summed E-state index contributed by atoms with van der Waals surface area (Å²) in [6, 6.07) is 2.30. The van der Waals surface area contributed by atoms with E-state index >= 15 is 0 Å². The van der Waals surface area contributed by atoms with Crippen molar-refractivity contribution in [3.05, 3.63) is 24.2 Å². The van der Waals surface area contributed by atoms with E-state index in [2.05, 4.69) is 14.5 Å². The van der Waals surface area contributed by atoms with E-state index in [4.69, 9.17) is 4.74 Å². The molecule has 144 valence electrons. The van der Waals surface area contributed by atoms with Gasteiger partial charge in [0.2, 0.25) is 0 Å². The van der Waals surface area contributed by atoms with Crippen LogP contribution in [-0.4, -0.2) is 69.1 Å². The van der Waals surface area contributed by atoms with Crippen LogP contribution in [-0.2, 0) is 4.74 Å². The van der Waals surface area contributed by atoms with Crippen molar-refractivity contribution in [2.45, 2.75) is 38.6 Å². The number of nitrogens with zero attached hydrogens (tertiary/aromatic N) is 5. The van der Waals surface area contributed by atoms with Crippen molar-refractivity contribution in [2.24, 2.45) is 0 Å². The Hall–Kier alpha value is -2.64. The van der Waals surface area contributed by atoms with Gasteiger partial charge in [0.15, 0.2) is 5.65 Å². The fourth-order valence-electron chi connectivity index (χ4n) is 3.98. The molecule has 0 atom stereocenters. The molecule has 27 heavy (non-hydrogen) atoms. The highest BCUT2D eigenvalue weighted by molar-refractivity contribution is 5.96. The molecule has 2 aromatic rings. The molecule has 1 aliphatic heterocycles. The van der Waals surface area contributed by atoms with Crippen LogP contribution in [0.1, 0.15) is 49.0 Å². The molecule has 1 saturated heterocycles. The molecule has 0 unspecified atom stereocenters. The van der Waals surface area contributed by atoms with E-state index in [0.29, 0.717) is 44.4 Å². The lowest BCUT2D eigenvalue weighted by Crippen LogP contribution is -2.50. The third kappa shape index (κ3) is 3.48. The first-order chi connectivity index (χ1) is 13.2. The van der Waals surface area contributed by atoms with E-state index < -0.39 is 0 Å². The molecule has 0 aromatic carbocycles. The summed E-state index contributed by atoms with van der Waals surface area (Å²) in [5.41, 5.74) is 2.16. The summed E-state index contributed by atoms with van der Waals surface area (Å²) in [4.78, 5) is 37.0. The lowest BCUT2D eigenvalue weighted by molar-refractivity contribution is 0.0570. The van der Waals surface area contributed by atoms with Crippen LogP contribution in [0, 0.1) is 0 Å². The van der Waals surface area contributed by atoms with Gasteiger partial charge in [-0.2, -0.15) is 0 Å². The van der Waals surface area contributed by atoms with Crippen LogP contribution < -0.4 is 0 Å². The van der Waals surface area contributed by atoms with Crippen LogP contribution >= 0.6 is 0 Å². The molecule has 2 aromatic heterocycles. The van der Waals surface area contributed by atoms with E-state index in [1.807, 2.05) is 12.4 Å². The number of carbonyl (C=O) groups excluding carboxylic acids is 2. The molecule has 1 aliphatic carbocycles. The Labute approximate surface area is 158 Å². The number of ether oxygens (including phenoxy) is 1. The molecule has 2 fully saturated rings. The quantitative estimate of drug-likeness (QED) is 0.828. The van der Waals surface area contributed by atoms with Gasteiger partial charge >= 0.3 is 6.09 Å². The lowest BCUT2D eigenvalue weighted by atomic mass is 10.2. The Morgan fingerprint density at radius 3 is 2.52 bits per heavy atom. The zero-order valence-electron chi connectivity index (χ0n) is 15.6. The van der Waals surface area contributed by atoms with Crippen molar-refractivity contribution in [2.75, 3.05) is 32.8 Å². The van der Waals surface area contributed by atoms with Crippen LogP contribution in [0.4, 0.5) is 4.79 Å². The third-order valence-corrected chi connectivity index (χ3v) is 5.47. The fourth-order valence-corrected chi connectivity index (χ4v) is 3.98. The van der Waals surface area contributed by atoms with Crippen molar-refractivity contribution in [3.63, 3.8) is 0 Å². The Bertz CT molecular complexity index is 835. The van der Waals surface area contributed by atoms with Crippen molar-refractivity contribution in [1.29, 1.82) is 0 Å². The first-order valence-electron chi connectivity index (χ1n) is 9.71. The first kappa shape index (κ1) is 17.8. The minimum absolute atomic E-state index is 0.0664. The summed E-state index contributed by atoms with van der Waals surface area (Å²) in [5, 5.41) is 0. The van der Waals surface area contributed by atoms with Gasteiger partial charge < -0.3 is 19.1 Å². The molecule has 0 spiro atoms. The molecule has 8 nitrogen and oxygen atoms in total. The summed E-state index contributed by atoms with van der Waals surface area (Å²) < 4.78 is 7.16. The molecule has 2 aliphatic rings. The van der Waals surface area contributed by atoms with Gasteiger partial charge in [0.1, 0.15) is 5.52 Å². The van der Waals surface area contributed by atoms with E-state index in [9.17, 15) is 9.59 Å². The molecule has 2 amide bonds. The van der Waals surface area contributed by atoms with Gasteiger partial charge in [0.25, 0.3) is 5.91 Å². The van der Waals surface area contributed by atoms with Gasteiger partial charge in [0.05, 0.1) is 18.5 Å². The standard InChI is InChI=1S/C19H25N5O3/c1-2-27-19(26)23-9-7-22(8-10-23)18(25)14-11-16-17(20-12-14)24(13-21-16)15-5-3-4-6-15/h11-13,15H,2-10H2,1H3. The number of imidazole rings is 1. The second kappa shape index (κ2) is 7.54. The van der Waals surface area contributed by atoms with Gasteiger partial charge in [-0.25, -0.2) is 14.8 Å². The number of piperazine rings is 1. The van der Waals surface area contributed by atoms with Crippen LogP contribution in [0.15, 0.2) is 18.6 Å². The van der Waals surface area contributed by atoms with E-state index in [1.54, 1.807) is 22.9 Å². The highest BCUT2D eigenvalue weighted by Gasteiger charge is 2.26. The van der Waals surface area contributed by atoms with Crippen molar-refractivity contribution in [1.82, 2.24) is 24.3 Å². The highest BCUT2D eigenvalue weighted by atomic mass is 16.6. The van der Waals surface area contributed by atoms with Crippen LogP contribution in [0.2, 0.25) is 0 Å². The minimum Gasteiger partial charge on any atom is -0.450 e. The molecule has 0 radical (unpaired) electrons. The van der Waals surface area contributed by atoms with Crippen LogP contribution in [0.5, 0.6) is 0 Å². The van der Waals surface area contributed by atoms with E-state index in [-0.39, 0.29) is 12.0 Å². The molecule has 3 heterocycles. The second-order valence-electron chi connectivity index (χ2n) is 7.14. The summed E-state index contributed by atoms with van der Waals surface area (Å²) in [5.74, 6) is -0.0664. The van der Waals surface area contributed by atoms with Crippen molar-refractivity contribution < 1.29 is 14.3 Å². The minimum atomic E-state index is -0.315.